The van der Waals surface area contributed by atoms with Crippen molar-refractivity contribution in [2.75, 3.05) is 0 Å². The zero-order chi connectivity index (χ0) is 17.9. The molecule has 4 rings (SSSR count). The summed E-state index contributed by atoms with van der Waals surface area (Å²) in [5, 5.41) is 4.63. The first kappa shape index (κ1) is 17.0. The van der Waals surface area contributed by atoms with Crippen molar-refractivity contribution in [2.24, 2.45) is 0 Å². The van der Waals surface area contributed by atoms with Gasteiger partial charge >= 0.3 is 160 Å². The van der Waals surface area contributed by atoms with Crippen LogP contribution in [0.2, 0.25) is 0 Å². The predicted octanol–water partition coefficient (Wildman–Crippen LogP) is 5.00. The van der Waals surface area contributed by atoms with E-state index in [2.05, 4.69) is 97.1 Å². The second-order valence-electron chi connectivity index (χ2n) is 6.35. The van der Waals surface area contributed by atoms with E-state index in [4.69, 9.17) is 11.2 Å². The van der Waals surface area contributed by atoms with Crippen LogP contribution in [-0.4, -0.2) is 0 Å². The fourth-order valence-corrected chi connectivity index (χ4v) is 9.80. The Balaban J connectivity index is 2.23. The minimum atomic E-state index is -3.34. The Labute approximate surface area is 159 Å². The van der Waals surface area contributed by atoms with E-state index in [-0.39, 0.29) is 0 Å². The van der Waals surface area contributed by atoms with Gasteiger partial charge in [-0.2, -0.15) is 0 Å². The zero-order valence-electron chi connectivity index (χ0n) is 14.4. The summed E-state index contributed by atoms with van der Waals surface area (Å²) >= 11 is 8.03. The van der Waals surface area contributed by atoms with Gasteiger partial charge < -0.3 is 0 Å². The molecule has 0 spiro atoms. The van der Waals surface area contributed by atoms with Gasteiger partial charge in [-0.15, -0.1) is 0 Å². The van der Waals surface area contributed by atoms with Crippen molar-refractivity contribution in [1.82, 2.24) is 0 Å². The first-order valence-electron chi connectivity index (χ1n) is 8.71. The van der Waals surface area contributed by atoms with E-state index < -0.39 is 5.96 Å². The second kappa shape index (κ2) is 6.72. The molecule has 0 aliphatic heterocycles. The molecule has 0 nitrogen and oxygen atoms in total. The summed E-state index contributed by atoms with van der Waals surface area (Å²) in [6, 6.07) is 42.1. The van der Waals surface area contributed by atoms with E-state index in [0.29, 0.717) is 0 Å². The number of hydrogen-bond donors (Lipinski definition) is 0. The topological polar surface area (TPSA) is 0 Å². The van der Waals surface area contributed by atoms with Crippen molar-refractivity contribution >= 4 is 38.4 Å². The summed E-state index contributed by atoms with van der Waals surface area (Å²) in [6.45, 7) is 0. The molecular weight excluding hydrogens is 355 g/mol. The van der Waals surface area contributed by atoms with E-state index in [1.54, 1.807) is 0 Å². The predicted molar refractivity (Wildman–Crippen MR) is 117 cm³/mol. The van der Waals surface area contributed by atoms with E-state index >= 15 is 0 Å². The van der Waals surface area contributed by atoms with Gasteiger partial charge in [-0.25, -0.2) is 0 Å². The third-order valence-corrected chi connectivity index (χ3v) is 12.4. The molecule has 0 fully saturated rings. The molecule has 0 aliphatic carbocycles. The Morgan fingerprint density at radius 3 is 0.731 bits per heavy atom. The summed E-state index contributed by atoms with van der Waals surface area (Å²) in [6.07, 6.45) is 0. The molecule has 0 aliphatic rings. The van der Waals surface area contributed by atoms with Gasteiger partial charge in [0, 0.05) is 0 Å². The molecule has 4 aromatic carbocycles. The molecule has 0 amide bonds. The Kier molecular flexibility index (Phi) is 4.41. The molecule has 0 N–H and O–H groups in total. The van der Waals surface area contributed by atoms with Crippen LogP contribution in [0.3, 0.4) is 0 Å². The van der Waals surface area contributed by atoms with Gasteiger partial charge in [0.05, 0.1) is 0 Å². The van der Waals surface area contributed by atoms with Gasteiger partial charge in [0.25, 0.3) is 0 Å². The van der Waals surface area contributed by atoms with Crippen molar-refractivity contribution in [3.63, 3.8) is 0 Å². The van der Waals surface area contributed by atoms with Crippen molar-refractivity contribution < 1.29 is 0 Å². The van der Waals surface area contributed by atoms with Crippen molar-refractivity contribution in [2.45, 2.75) is 0 Å². The molecule has 4 aromatic rings. The Bertz CT molecular complexity index is 814. The van der Waals surface area contributed by atoms with E-state index in [0.717, 1.165) is 21.2 Å². The molecule has 0 radical (unpaired) electrons. The molecule has 0 atom stereocenters. The quantitative estimate of drug-likeness (QED) is 0.441. The maximum absolute atomic E-state index is 8.03. The summed E-state index contributed by atoms with van der Waals surface area (Å²) in [5.74, 6) is -3.34. The fraction of sp³-hybridized carbons (Fsp3) is 0. The maximum atomic E-state index is 8.03. The van der Waals surface area contributed by atoms with Crippen molar-refractivity contribution in [3.8, 4) is 0 Å². The van der Waals surface area contributed by atoms with Crippen LogP contribution >= 0.6 is 17.2 Å². The molecule has 0 saturated heterocycles. The molecule has 0 bridgehead atoms. The van der Waals surface area contributed by atoms with Crippen LogP contribution in [0.5, 0.6) is 0 Å². The van der Waals surface area contributed by atoms with Gasteiger partial charge in [0.1, 0.15) is 0 Å². The average Bonchev–Trinajstić information content (AvgIpc) is 2.76. The molecule has 0 heterocycles. The molecular formula is C24H20ClP. The summed E-state index contributed by atoms with van der Waals surface area (Å²) in [4.78, 5) is 0. The normalized spacial score (nSPS) is 12.9. The van der Waals surface area contributed by atoms with E-state index in [9.17, 15) is 0 Å². The van der Waals surface area contributed by atoms with Crippen molar-refractivity contribution in [1.29, 1.82) is 0 Å². The number of rotatable bonds is 4. The van der Waals surface area contributed by atoms with Crippen LogP contribution in [0.15, 0.2) is 121 Å². The fourth-order valence-electron chi connectivity index (χ4n) is 3.73. The van der Waals surface area contributed by atoms with Crippen LogP contribution in [-0.2, 0) is 0 Å². The van der Waals surface area contributed by atoms with Crippen molar-refractivity contribution in [3.05, 3.63) is 121 Å². The summed E-state index contributed by atoms with van der Waals surface area (Å²) < 4.78 is 0. The van der Waals surface area contributed by atoms with Gasteiger partial charge in [0.15, 0.2) is 0 Å². The van der Waals surface area contributed by atoms with E-state index in [1.165, 1.54) is 0 Å². The standard InChI is InChI=1S/C24H20ClP/c25-26(21-13-5-1-6-14-21,22-15-7-2-8-16-22,23-17-9-3-10-18-23)24-19-11-4-12-20-24/h1-20H. The number of halogens is 1. The van der Waals surface area contributed by atoms with Gasteiger partial charge in [0.2, 0.25) is 0 Å². The first-order chi connectivity index (χ1) is 12.7. The minimum absolute atomic E-state index is 1.16. The van der Waals surface area contributed by atoms with Crippen LogP contribution < -0.4 is 21.2 Å². The molecule has 0 saturated carbocycles. The van der Waals surface area contributed by atoms with Gasteiger partial charge in [-0.05, 0) is 0 Å². The third-order valence-electron chi connectivity index (χ3n) is 4.96. The van der Waals surface area contributed by atoms with E-state index in [1.807, 2.05) is 24.3 Å². The number of hydrogen-bond acceptors (Lipinski definition) is 0. The van der Waals surface area contributed by atoms with Crippen LogP contribution in [0.1, 0.15) is 0 Å². The molecule has 26 heavy (non-hydrogen) atoms. The Hall–Kier alpha value is -2.40. The molecule has 0 unspecified atom stereocenters. The average molecular weight is 375 g/mol. The Morgan fingerprint density at radius 2 is 0.538 bits per heavy atom. The summed E-state index contributed by atoms with van der Waals surface area (Å²) in [5.41, 5.74) is 0. The Morgan fingerprint density at radius 1 is 0.346 bits per heavy atom. The second-order valence-corrected chi connectivity index (χ2v) is 12.5. The van der Waals surface area contributed by atoms with Gasteiger partial charge in [-0.3, -0.25) is 0 Å². The van der Waals surface area contributed by atoms with Crippen LogP contribution in [0.4, 0.5) is 0 Å². The third kappa shape index (κ3) is 2.42. The zero-order valence-corrected chi connectivity index (χ0v) is 16.0. The molecule has 128 valence electrons. The van der Waals surface area contributed by atoms with Crippen LogP contribution in [0, 0.1) is 0 Å². The number of benzene rings is 4. The van der Waals surface area contributed by atoms with Crippen LogP contribution in [0.25, 0.3) is 0 Å². The molecule has 0 aromatic heterocycles. The molecule has 2 heteroatoms. The summed E-state index contributed by atoms with van der Waals surface area (Å²) in [7, 11) is 0. The van der Waals surface area contributed by atoms with Gasteiger partial charge in [-0.1, -0.05) is 0 Å². The monoisotopic (exact) mass is 374 g/mol. The first-order valence-corrected chi connectivity index (χ1v) is 11.8. The SMILES string of the molecule is ClP(c1ccccc1)(c1ccccc1)(c1ccccc1)c1ccccc1.